The molecule has 3 N–H and O–H groups in total. The van der Waals surface area contributed by atoms with E-state index in [1.807, 2.05) is 0 Å². The zero-order chi connectivity index (χ0) is 25.0. The molecule has 1 spiro atoms. The van der Waals surface area contributed by atoms with Crippen LogP contribution in [0.25, 0.3) is 21.8 Å². The van der Waals surface area contributed by atoms with Crippen molar-refractivity contribution >= 4 is 45.1 Å². The van der Waals surface area contributed by atoms with Gasteiger partial charge in [-0.15, -0.1) is 0 Å². The Balaban J connectivity index is 1.43. The van der Waals surface area contributed by atoms with Crippen molar-refractivity contribution in [3.05, 3.63) is 65.9 Å². The number of carbonyl (C=O) groups is 2. The van der Waals surface area contributed by atoms with Crippen LogP contribution in [0.5, 0.6) is 0 Å². The maximum Gasteiger partial charge on any atom is 0.252 e. The number of nitrogens with zero attached hydrogens (tertiary/aromatic N) is 3. The van der Waals surface area contributed by atoms with Gasteiger partial charge in [-0.3, -0.25) is 9.59 Å². The zero-order valence-electron chi connectivity index (χ0n) is 19.6. The molecular weight excluding hydrogens is 464 g/mol. The topological polar surface area (TPSA) is 95.3 Å². The average molecular weight is 490 g/mol. The Bertz CT molecular complexity index is 1510. The molecular formula is C27H25F2N5O2. The van der Waals surface area contributed by atoms with Crippen molar-refractivity contribution in [3.63, 3.8) is 0 Å². The fraction of sp³-hybridized carbons (Fsp3) is 0.296. The third-order valence-electron chi connectivity index (χ3n) is 7.59. The minimum absolute atomic E-state index is 0.0278. The largest absolute Gasteiger partial charge is 0.365 e. The molecule has 2 amide bonds. The van der Waals surface area contributed by atoms with Gasteiger partial charge >= 0.3 is 0 Å². The molecule has 1 atom stereocenters. The van der Waals surface area contributed by atoms with Crippen molar-refractivity contribution in [2.45, 2.75) is 25.7 Å². The van der Waals surface area contributed by atoms with Crippen LogP contribution in [0.4, 0.5) is 20.3 Å². The van der Waals surface area contributed by atoms with E-state index in [9.17, 15) is 18.4 Å². The maximum atomic E-state index is 14.2. The number of fused-ring (bicyclic) bond motifs is 3. The molecule has 7 nitrogen and oxygen atoms in total. The Morgan fingerprint density at radius 1 is 1.03 bits per heavy atom. The molecule has 0 radical (unpaired) electrons. The molecule has 0 aliphatic carbocycles. The highest BCUT2D eigenvalue weighted by molar-refractivity contribution is 6.18. The molecule has 36 heavy (non-hydrogen) atoms. The Hall–Kier alpha value is -4.01. The SMILES string of the molecule is NC(=O)c1cnc(N2CCCC3(CCCN(c4ccc(F)cc4)C3=O)C2)c2c1[nH]c1ccc(F)cc12. The van der Waals surface area contributed by atoms with E-state index >= 15 is 0 Å². The number of anilines is 2. The first-order valence-electron chi connectivity index (χ1n) is 12.1. The monoisotopic (exact) mass is 489 g/mol. The van der Waals surface area contributed by atoms with Crippen LogP contribution in [0.3, 0.4) is 0 Å². The summed E-state index contributed by atoms with van der Waals surface area (Å²) in [6, 6.07) is 10.4. The van der Waals surface area contributed by atoms with Crippen LogP contribution < -0.4 is 15.5 Å². The van der Waals surface area contributed by atoms with Gasteiger partial charge in [-0.25, -0.2) is 13.8 Å². The molecule has 2 aliphatic heterocycles. The highest BCUT2D eigenvalue weighted by Gasteiger charge is 2.47. The Morgan fingerprint density at radius 2 is 1.75 bits per heavy atom. The summed E-state index contributed by atoms with van der Waals surface area (Å²) in [6.45, 7) is 1.71. The maximum absolute atomic E-state index is 14.2. The summed E-state index contributed by atoms with van der Waals surface area (Å²) >= 11 is 0. The van der Waals surface area contributed by atoms with Crippen LogP contribution in [0.1, 0.15) is 36.0 Å². The number of benzene rings is 2. The third kappa shape index (κ3) is 3.49. The lowest BCUT2D eigenvalue weighted by atomic mass is 9.72. The highest BCUT2D eigenvalue weighted by Crippen LogP contribution is 2.44. The van der Waals surface area contributed by atoms with Gasteiger partial charge in [0, 0.05) is 42.4 Å². The number of pyridine rings is 1. The van der Waals surface area contributed by atoms with Crippen LogP contribution in [-0.4, -0.2) is 41.4 Å². The number of aromatic amines is 1. The predicted octanol–water partition coefficient (Wildman–Crippen LogP) is 4.51. The molecule has 1 unspecified atom stereocenters. The van der Waals surface area contributed by atoms with Crippen LogP contribution in [0.15, 0.2) is 48.7 Å². The smallest absolute Gasteiger partial charge is 0.252 e. The number of hydrogen-bond donors (Lipinski definition) is 2. The van der Waals surface area contributed by atoms with E-state index in [1.54, 1.807) is 23.1 Å². The van der Waals surface area contributed by atoms with E-state index in [4.69, 9.17) is 5.73 Å². The normalized spacial score (nSPS) is 20.6. The second-order valence-corrected chi connectivity index (χ2v) is 9.77. The third-order valence-corrected chi connectivity index (χ3v) is 7.59. The number of carbonyl (C=O) groups excluding carboxylic acids is 2. The van der Waals surface area contributed by atoms with E-state index < -0.39 is 17.1 Å². The van der Waals surface area contributed by atoms with Crippen molar-refractivity contribution in [1.29, 1.82) is 0 Å². The van der Waals surface area contributed by atoms with Gasteiger partial charge in [0.05, 0.1) is 21.9 Å². The van der Waals surface area contributed by atoms with Crippen LogP contribution in [0.2, 0.25) is 0 Å². The lowest BCUT2D eigenvalue weighted by molar-refractivity contribution is -0.131. The van der Waals surface area contributed by atoms with Gasteiger partial charge in [-0.2, -0.15) is 0 Å². The van der Waals surface area contributed by atoms with E-state index in [0.29, 0.717) is 52.9 Å². The number of amides is 2. The summed E-state index contributed by atoms with van der Waals surface area (Å²) in [5.41, 5.74) is 7.10. The molecule has 0 bridgehead atoms. The Labute approximate surface area is 205 Å². The molecule has 0 saturated carbocycles. The number of H-pyrrole nitrogens is 1. The van der Waals surface area contributed by atoms with Crippen molar-refractivity contribution in [3.8, 4) is 0 Å². The zero-order valence-corrected chi connectivity index (χ0v) is 19.6. The van der Waals surface area contributed by atoms with E-state index in [0.717, 1.165) is 25.7 Å². The molecule has 4 heterocycles. The summed E-state index contributed by atoms with van der Waals surface area (Å²) in [5.74, 6) is -0.742. The fourth-order valence-corrected chi connectivity index (χ4v) is 5.91. The second kappa shape index (κ2) is 8.29. The lowest BCUT2D eigenvalue weighted by Crippen LogP contribution is -2.56. The molecule has 184 valence electrons. The van der Waals surface area contributed by atoms with Crippen LogP contribution in [0, 0.1) is 17.0 Å². The lowest BCUT2D eigenvalue weighted by Gasteiger charge is -2.47. The number of hydrogen-bond acceptors (Lipinski definition) is 4. The molecule has 2 aromatic carbocycles. The van der Waals surface area contributed by atoms with E-state index in [1.165, 1.54) is 30.5 Å². The highest BCUT2D eigenvalue weighted by atomic mass is 19.1. The Morgan fingerprint density at radius 3 is 2.50 bits per heavy atom. The van der Waals surface area contributed by atoms with Gasteiger partial charge in [-0.1, -0.05) is 0 Å². The molecule has 9 heteroatoms. The number of nitrogens with two attached hydrogens (primary N) is 1. The molecule has 4 aromatic rings. The molecule has 2 fully saturated rings. The fourth-order valence-electron chi connectivity index (χ4n) is 5.91. The Kier molecular flexibility index (Phi) is 5.17. The average Bonchev–Trinajstić information content (AvgIpc) is 3.24. The van der Waals surface area contributed by atoms with Crippen molar-refractivity contribution in [2.24, 2.45) is 11.1 Å². The number of halogens is 2. The number of piperidine rings is 2. The first kappa shape index (κ1) is 22.5. The van der Waals surface area contributed by atoms with Gasteiger partial charge in [0.2, 0.25) is 5.91 Å². The summed E-state index contributed by atoms with van der Waals surface area (Å²) < 4.78 is 27.7. The summed E-state index contributed by atoms with van der Waals surface area (Å²) in [6.07, 6.45) is 4.54. The molecule has 2 aromatic heterocycles. The number of rotatable bonds is 3. The molecule has 2 saturated heterocycles. The predicted molar refractivity (Wildman–Crippen MR) is 134 cm³/mol. The number of primary amides is 1. The standard InChI is InChI=1S/C27H25F2N5O2/c28-16-3-6-18(7-4-16)34-12-2-10-27(26(34)36)9-1-11-33(15-27)25-22-19-13-17(29)5-8-21(19)32-23(22)20(14-31-25)24(30)35/h3-8,13-14,32H,1-2,9-12,15H2,(H2,30,35). The van der Waals surface area contributed by atoms with E-state index in [2.05, 4.69) is 14.9 Å². The second-order valence-electron chi connectivity index (χ2n) is 9.77. The van der Waals surface area contributed by atoms with Gasteiger partial charge in [-0.05, 0) is 68.1 Å². The minimum atomic E-state index is -0.626. The first-order valence-corrected chi connectivity index (χ1v) is 12.1. The molecule has 6 rings (SSSR count). The van der Waals surface area contributed by atoms with Crippen LogP contribution >= 0.6 is 0 Å². The first-order chi connectivity index (χ1) is 17.4. The minimum Gasteiger partial charge on any atom is -0.365 e. The number of aromatic nitrogens is 2. The quantitative estimate of drug-likeness (QED) is 0.443. The van der Waals surface area contributed by atoms with Crippen molar-refractivity contribution in [1.82, 2.24) is 9.97 Å². The van der Waals surface area contributed by atoms with Crippen molar-refractivity contribution < 1.29 is 18.4 Å². The van der Waals surface area contributed by atoms with Crippen molar-refractivity contribution in [2.75, 3.05) is 29.4 Å². The van der Waals surface area contributed by atoms with E-state index in [-0.39, 0.29) is 17.3 Å². The van der Waals surface area contributed by atoms with Gasteiger partial charge in [0.25, 0.3) is 5.91 Å². The van der Waals surface area contributed by atoms with Gasteiger partial charge in [0.1, 0.15) is 17.5 Å². The van der Waals surface area contributed by atoms with Gasteiger partial charge in [0.15, 0.2) is 0 Å². The number of nitrogens with one attached hydrogen (secondary N) is 1. The molecule has 2 aliphatic rings. The summed E-state index contributed by atoms with van der Waals surface area (Å²) in [5, 5.41) is 1.23. The summed E-state index contributed by atoms with van der Waals surface area (Å²) in [7, 11) is 0. The van der Waals surface area contributed by atoms with Crippen LogP contribution in [-0.2, 0) is 4.79 Å². The summed E-state index contributed by atoms with van der Waals surface area (Å²) in [4.78, 5) is 37.6. The van der Waals surface area contributed by atoms with Gasteiger partial charge < -0.3 is 20.5 Å².